The zero-order chi connectivity index (χ0) is 17.0. The molecule has 0 atom stereocenters. The Morgan fingerprint density at radius 1 is 1.26 bits per heavy atom. The SMILES string of the molecule is CC(C)(C=O)SCC1CCOCC1.CNCCc1ccccc1. The molecule has 1 N–H and O–H groups in total. The van der Waals surface area contributed by atoms with Crippen LogP contribution in [0, 0.1) is 5.92 Å². The molecule has 1 aromatic rings. The second-order valence-electron chi connectivity index (χ2n) is 6.43. The maximum Gasteiger partial charge on any atom is 0.135 e. The highest BCUT2D eigenvalue weighted by atomic mass is 32.2. The van der Waals surface area contributed by atoms with Gasteiger partial charge in [-0.1, -0.05) is 30.3 Å². The zero-order valence-corrected chi connectivity index (χ0v) is 15.5. The number of benzene rings is 1. The first kappa shape index (κ1) is 20.2. The highest BCUT2D eigenvalue weighted by Crippen LogP contribution is 2.27. The second-order valence-corrected chi connectivity index (χ2v) is 8.10. The van der Waals surface area contributed by atoms with E-state index in [9.17, 15) is 4.79 Å². The van der Waals surface area contributed by atoms with Crippen molar-refractivity contribution in [2.45, 2.75) is 37.9 Å². The average Bonchev–Trinajstić information content (AvgIpc) is 2.61. The number of likely N-dealkylation sites (N-methyl/N-ethyl adjacent to an activating group) is 1. The molecule has 4 heteroatoms. The first-order valence-electron chi connectivity index (χ1n) is 8.44. The lowest BCUT2D eigenvalue weighted by atomic mass is 10.0. The molecule has 0 radical (unpaired) electrons. The third-order valence-electron chi connectivity index (χ3n) is 3.82. The number of nitrogens with one attached hydrogen (secondary N) is 1. The van der Waals surface area contributed by atoms with Crippen molar-refractivity contribution in [3.8, 4) is 0 Å². The average molecular weight is 338 g/mol. The van der Waals surface area contributed by atoms with E-state index in [1.165, 1.54) is 5.56 Å². The van der Waals surface area contributed by atoms with Crippen molar-refractivity contribution in [3.05, 3.63) is 35.9 Å². The maximum absolute atomic E-state index is 10.7. The minimum absolute atomic E-state index is 0.210. The van der Waals surface area contributed by atoms with Gasteiger partial charge in [0.05, 0.1) is 4.75 Å². The lowest BCUT2D eigenvalue weighted by molar-refractivity contribution is -0.109. The van der Waals surface area contributed by atoms with Crippen LogP contribution in [0.1, 0.15) is 32.3 Å². The van der Waals surface area contributed by atoms with Crippen LogP contribution in [-0.2, 0) is 16.0 Å². The van der Waals surface area contributed by atoms with Gasteiger partial charge in [-0.25, -0.2) is 0 Å². The van der Waals surface area contributed by atoms with Gasteiger partial charge < -0.3 is 14.8 Å². The van der Waals surface area contributed by atoms with Crippen molar-refractivity contribution >= 4 is 18.0 Å². The molecular formula is C19H31NO2S. The molecule has 0 saturated carbocycles. The highest BCUT2D eigenvalue weighted by molar-refractivity contribution is 8.01. The van der Waals surface area contributed by atoms with Gasteiger partial charge >= 0.3 is 0 Å². The summed E-state index contributed by atoms with van der Waals surface area (Å²) in [6, 6.07) is 10.5. The number of rotatable bonds is 7. The molecule has 1 aliphatic heterocycles. The zero-order valence-electron chi connectivity index (χ0n) is 14.7. The topological polar surface area (TPSA) is 38.3 Å². The Kier molecular flexibility index (Phi) is 10.2. The van der Waals surface area contributed by atoms with E-state index >= 15 is 0 Å². The van der Waals surface area contributed by atoms with Crippen molar-refractivity contribution in [3.63, 3.8) is 0 Å². The van der Waals surface area contributed by atoms with E-state index in [2.05, 4.69) is 29.6 Å². The van der Waals surface area contributed by atoms with Gasteiger partial charge in [-0.05, 0) is 63.9 Å². The number of thioether (sulfide) groups is 1. The van der Waals surface area contributed by atoms with Crippen LogP contribution in [0.5, 0.6) is 0 Å². The van der Waals surface area contributed by atoms with Crippen LogP contribution in [-0.4, -0.2) is 43.6 Å². The summed E-state index contributed by atoms with van der Waals surface area (Å²) in [4.78, 5) is 10.7. The molecule has 0 amide bonds. The molecule has 1 saturated heterocycles. The molecular weight excluding hydrogens is 306 g/mol. The Morgan fingerprint density at radius 3 is 2.48 bits per heavy atom. The molecule has 1 aromatic carbocycles. The van der Waals surface area contributed by atoms with Crippen molar-refractivity contribution in [1.29, 1.82) is 0 Å². The molecule has 0 bridgehead atoms. The van der Waals surface area contributed by atoms with E-state index in [-0.39, 0.29) is 4.75 Å². The van der Waals surface area contributed by atoms with Gasteiger partial charge in [0.1, 0.15) is 6.29 Å². The Labute approximate surface area is 145 Å². The summed E-state index contributed by atoms with van der Waals surface area (Å²) in [6.07, 6.45) is 4.47. The Balaban J connectivity index is 0.000000238. The van der Waals surface area contributed by atoms with E-state index in [0.29, 0.717) is 0 Å². The van der Waals surface area contributed by atoms with Crippen LogP contribution in [0.4, 0.5) is 0 Å². The molecule has 0 aliphatic carbocycles. The third-order valence-corrected chi connectivity index (χ3v) is 5.30. The highest BCUT2D eigenvalue weighted by Gasteiger charge is 2.21. The van der Waals surface area contributed by atoms with E-state index in [1.807, 2.05) is 27.0 Å². The normalized spacial score (nSPS) is 15.6. The summed E-state index contributed by atoms with van der Waals surface area (Å²) < 4.78 is 5.07. The van der Waals surface area contributed by atoms with Crippen LogP contribution in [0.15, 0.2) is 30.3 Å². The number of ether oxygens (including phenoxy) is 1. The second kappa shape index (κ2) is 11.7. The van der Waals surface area contributed by atoms with Crippen molar-refractivity contribution in [2.24, 2.45) is 5.92 Å². The Bertz CT molecular complexity index is 417. The summed E-state index contributed by atoms with van der Waals surface area (Å²) in [5.41, 5.74) is 1.40. The molecule has 1 aliphatic rings. The van der Waals surface area contributed by atoms with Crippen LogP contribution >= 0.6 is 11.8 Å². The summed E-state index contributed by atoms with van der Waals surface area (Å²) >= 11 is 1.76. The van der Waals surface area contributed by atoms with Gasteiger partial charge in [-0.2, -0.15) is 0 Å². The molecule has 1 fully saturated rings. The molecule has 0 aromatic heterocycles. The van der Waals surface area contributed by atoms with Crippen LogP contribution in [0.25, 0.3) is 0 Å². The number of carbonyl (C=O) groups excluding carboxylic acids is 1. The van der Waals surface area contributed by atoms with E-state index in [4.69, 9.17) is 4.74 Å². The minimum atomic E-state index is -0.210. The van der Waals surface area contributed by atoms with Crippen LogP contribution in [0.2, 0.25) is 0 Å². The molecule has 2 rings (SSSR count). The predicted molar refractivity (Wildman–Crippen MR) is 100 cm³/mol. The standard InChI is InChI=1S/C10H18O2S.C9H13N/c1-10(2,8-11)13-7-9-3-5-12-6-4-9;1-10-8-7-9-5-3-2-4-6-9/h8-9H,3-7H2,1-2H3;2-6,10H,7-8H2,1H3. The first-order valence-corrected chi connectivity index (χ1v) is 9.42. The van der Waals surface area contributed by atoms with Crippen LogP contribution < -0.4 is 5.32 Å². The number of hydrogen-bond acceptors (Lipinski definition) is 4. The summed E-state index contributed by atoms with van der Waals surface area (Å²) in [6.45, 7) is 6.80. The minimum Gasteiger partial charge on any atom is -0.381 e. The van der Waals surface area contributed by atoms with Gasteiger partial charge in [0.15, 0.2) is 0 Å². The lowest BCUT2D eigenvalue weighted by Crippen LogP contribution is -2.22. The monoisotopic (exact) mass is 337 g/mol. The largest absolute Gasteiger partial charge is 0.381 e. The number of aldehydes is 1. The lowest BCUT2D eigenvalue weighted by Gasteiger charge is -2.24. The fourth-order valence-corrected chi connectivity index (χ4v) is 3.26. The third kappa shape index (κ3) is 9.80. The maximum atomic E-state index is 10.7. The smallest absolute Gasteiger partial charge is 0.135 e. The fourth-order valence-electron chi connectivity index (χ4n) is 2.19. The molecule has 3 nitrogen and oxygen atoms in total. The summed E-state index contributed by atoms with van der Waals surface area (Å²) in [5, 5.41) is 3.12. The molecule has 1 heterocycles. The van der Waals surface area contributed by atoms with E-state index < -0.39 is 0 Å². The van der Waals surface area contributed by atoms with Gasteiger partial charge in [0.25, 0.3) is 0 Å². The van der Waals surface area contributed by atoms with Crippen molar-refractivity contribution in [2.75, 3.05) is 32.6 Å². The quantitative estimate of drug-likeness (QED) is 0.772. The van der Waals surface area contributed by atoms with Crippen molar-refractivity contribution in [1.82, 2.24) is 5.32 Å². The number of carbonyl (C=O) groups is 1. The number of hydrogen-bond donors (Lipinski definition) is 1. The summed E-state index contributed by atoms with van der Waals surface area (Å²) in [7, 11) is 1.98. The summed E-state index contributed by atoms with van der Waals surface area (Å²) in [5.74, 6) is 1.84. The van der Waals surface area contributed by atoms with Crippen LogP contribution in [0.3, 0.4) is 0 Å². The molecule has 23 heavy (non-hydrogen) atoms. The first-order chi connectivity index (χ1) is 11.1. The van der Waals surface area contributed by atoms with E-state index in [1.54, 1.807) is 11.8 Å². The van der Waals surface area contributed by atoms with Gasteiger partial charge in [-0.3, -0.25) is 0 Å². The molecule has 0 spiro atoms. The van der Waals surface area contributed by atoms with Gasteiger partial charge in [0.2, 0.25) is 0 Å². The Morgan fingerprint density at radius 2 is 1.91 bits per heavy atom. The fraction of sp³-hybridized carbons (Fsp3) is 0.632. The predicted octanol–water partition coefficient (Wildman–Crippen LogP) is 3.57. The van der Waals surface area contributed by atoms with Gasteiger partial charge in [-0.15, -0.1) is 11.8 Å². The Hall–Kier alpha value is -0.840. The molecule has 130 valence electrons. The van der Waals surface area contributed by atoms with E-state index in [0.717, 1.165) is 57.0 Å². The van der Waals surface area contributed by atoms with Crippen molar-refractivity contribution < 1.29 is 9.53 Å². The van der Waals surface area contributed by atoms with Gasteiger partial charge in [0, 0.05) is 13.2 Å². The molecule has 0 unspecified atom stereocenters.